The first-order chi connectivity index (χ1) is 26.8. The summed E-state index contributed by atoms with van der Waals surface area (Å²) in [5.74, 6) is 0.729. The molecule has 0 radical (unpaired) electrons. The van der Waals surface area contributed by atoms with E-state index in [9.17, 15) is 0 Å². The normalized spacial score (nSPS) is 13.0. The van der Waals surface area contributed by atoms with E-state index >= 15 is 0 Å². The molecule has 8 aromatic carbocycles. The van der Waals surface area contributed by atoms with E-state index in [0.29, 0.717) is 0 Å². The molecule has 252 valence electrons. The highest BCUT2D eigenvalue weighted by molar-refractivity contribution is 7.26. The lowest BCUT2D eigenvalue weighted by molar-refractivity contribution is 0.768. The van der Waals surface area contributed by atoms with Gasteiger partial charge in [0, 0.05) is 32.0 Å². The van der Waals surface area contributed by atoms with Crippen molar-refractivity contribution in [2.24, 2.45) is 0 Å². The fourth-order valence-electron chi connectivity index (χ4n) is 8.79. The SMILES string of the molecule is c1ccc(-c2nc(-c3cccc(-c4ccc5c(c4)-c4ccccc4C5(c4ccccc4)c4ccccc4)c3)nc3c2ccc2c4ccccc4sc23)cc1. The van der Waals surface area contributed by atoms with Crippen LogP contribution in [0.5, 0.6) is 0 Å². The van der Waals surface area contributed by atoms with Crippen molar-refractivity contribution in [2.75, 3.05) is 0 Å². The number of fused-ring (bicyclic) bond motifs is 8. The third-order valence-electron chi connectivity index (χ3n) is 11.2. The van der Waals surface area contributed by atoms with E-state index < -0.39 is 5.41 Å². The summed E-state index contributed by atoms with van der Waals surface area (Å²) in [7, 11) is 0. The summed E-state index contributed by atoms with van der Waals surface area (Å²) < 4.78 is 2.47. The summed E-state index contributed by atoms with van der Waals surface area (Å²) in [6, 6.07) is 70.2. The summed E-state index contributed by atoms with van der Waals surface area (Å²) in [6.07, 6.45) is 0. The van der Waals surface area contributed by atoms with E-state index in [1.165, 1.54) is 59.1 Å². The highest BCUT2D eigenvalue weighted by atomic mass is 32.1. The molecule has 0 saturated heterocycles. The van der Waals surface area contributed by atoms with E-state index in [-0.39, 0.29) is 0 Å². The Morgan fingerprint density at radius 1 is 0.389 bits per heavy atom. The van der Waals surface area contributed by atoms with Crippen molar-refractivity contribution < 1.29 is 0 Å². The minimum absolute atomic E-state index is 0.417. The summed E-state index contributed by atoms with van der Waals surface area (Å²) in [6.45, 7) is 0. The summed E-state index contributed by atoms with van der Waals surface area (Å²) in [5, 5.41) is 3.57. The Morgan fingerprint density at radius 3 is 1.80 bits per heavy atom. The predicted octanol–water partition coefficient (Wildman–Crippen LogP) is 13.4. The van der Waals surface area contributed by atoms with E-state index in [4.69, 9.17) is 9.97 Å². The standard InChI is InChI=1S/C51H32N2S/c1-4-15-33(16-5-1)47-42-29-28-41-40-24-11-13-26-46(40)54-49(41)48(42)53-50(52-47)36-18-14-17-34(31-36)35-27-30-45-43(32-35)39-23-10-12-25-44(39)51(45,37-19-6-2-7-20-37)38-21-8-3-9-22-38/h1-32H. The van der Waals surface area contributed by atoms with Crippen molar-refractivity contribution in [2.45, 2.75) is 5.41 Å². The molecular formula is C51H32N2S. The maximum Gasteiger partial charge on any atom is 0.160 e. The fourth-order valence-corrected chi connectivity index (χ4v) is 9.98. The quantitative estimate of drug-likeness (QED) is 0.178. The lowest BCUT2D eigenvalue weighted by atomic mass is 9.67. The molecule has 2 heterocycles. The maximum atomic E-state index is 5.36. The molecule has 10 aromatic rings. The van der Waals surface area contributed by atoms with E-state index in [2.05, 4.69) is 194 Å². The number of aromatic nitrogens is 2. The first-order valence-electron chi connectivity index (χ1n) is 18.4. The lowest BCUT2D eigenvalue weighted by Crippen LogP contribution is -2.28. The van der Waals surface area contributed by atoms with Crippen LogP contribution >= 0.6 is 11.3 Å². The minimum Gasteiger partial charge on any atom is -0.227 e. The molecule has 3 heteroatoms. The Hall–Kier alpha value is -6.68. The highest BCUT2D eigenvalue weighted by Crippen LogP contribution is 2.56. The fraction of sp³-hybridized carbons (Fsp3) is 0.0196. The molecule has 0 N–H and O–H groups in total. The Balaban J connectivity index is 1.10. The van der Waals surface area contributed by atoms with Crippen LogP contribution in [0.25, 0.3) is 76.0 Å². The molecule has 1 aliphatic rings. The highest BCUT2D eigenvalue weighted by Gasteiger charge is 2.45. The van der Waals surface area contributed by atoms with E-state index in [0.717, 1.165) is 39.1 Å². The average Bonchev–Trinajstić information content (AvgIpc) is 3.78. The molecule has 0 atom stereocenters. The van der Waals surface area contributed by atoms with Gasteiger partial charge in [-0.2, -0.15) is 0 Å². The van der Waals surface area contributed by atoms with Crippen molar-refractivity contribution in [3.05, 3.63) is 216 Å². The van der Waals surface area contributed by atoms with Gasteiger partial charge in [0.2, 0.25) is 0 Å². The van der Waals surface area contributed by atoms with Gasteiger partial charge in [-0.3, -0.25) is 0 Å². The molecule has 54 heavy (non-hydrogen) atoms. The van der Waals surface area contributed by atoms with Crippen LogP contribution in [-0.4, -0.2) is 9.97 Å². The van der Waals surface area contributed by atoms with Crippen molar-refractivity contribution in [1.29, 1.82) is 0 Å². The maximum absolute atomic E-state index is 5.36. The third kappa shape index (κ3) is 4.59. The molecule has 0 spiro atoms. The Morgan fingerprint density at radius 2 is 1.00 bits per heavy atom. The molecular weight excluding hydrogens is 673 g/mol. The van der Waals surface area contributed by atoms with Gasteiger partial charge in [0.25, 0.3) is 0 Å². The zero-order chi connectivity index (χ0) is 35.6. The molecule has 0 unspecified atom stereocenters. The molecule has 0 saturated carbocycles. The lowest BCUT2D eigenvalue weighted by Gasteiger charge is -2.33. The topological polar surface area (TPSA) is 25.8 Å². The minimum atomic E-state index is -0.417. The van der Waals surface area contributed by atoms with Gasteiger partial charge in [0.1, 0.15) is 0 Å². The van der Waals surface area contributed by atoms with Gasteiger partial charge < -0.3 is 0 Å². The molecule has 0 fully saturated rings. The Kier molecular flexibility index (Phi) is 6.98. The third-order valence-corrected chi connectivity index (χ3v) is 12.4. The molecule has 11 rings (SSSR count). The second-order valence-corrected chi connectivity index (χ2v) is 15.1. The van der Waals surface area contributed by atoms with Gasteiger partial charge in [-0.05, 0) is 68.8 Å². The van der Waals surface area contributed by atoms with Gasteiger partial charge in [-0.1, -0.05) is 170 Å². The summed E-state index contributed by atoms with van der Waals surface area (Å²) in [4.78, 5) is 10.7. The average molecular weight is 705 g/mol. The van der Waals surface area contributed by atoms with Gasteiger partial charge in [-0.25, -0.2) is 9.97 Å². The van der Waals surface area contributed by atoms with Crippen LogP contribution in [0.15, 0.2) is 194 Å². The second kappa shape index (κ2) is 12.2. The first-order valence-corrected chi connectivity index (χ1v) is 19.2. The van der Waals surface area contributed by atoms with E-state index in [1.54, 1.807) is 0 Å². The number of thiophene rings is 1. The Bertz CT molecular complexity index is 3000. The van der Waals surface area contributed by atoms with Gasteiger partial charge >= 0.3 is 0 Å². The van der Waals surface area contributed by atoms with Gasteiger partial charge in [0.15, 0.2) is 5.82 Å². The molecule has 2 nitrogen and oxygen atoms in total. The van der Waals surface area contributed by atoms with Crippen molar-refractivity contribution in [3.63, 3.8) is 0 Å². The van der Waals surface area contributed by atoms with Crippen molar-refractivity contribution in [1.82, 2.24) is 9.97 Å². The van der Waals surface area contributed by atoms with Gasteiger partial charge in [0.05, 0.1) is 21.3 Å². The summed E-state index contributed by atoms with van der Waals surface area (Å²) >= 11 is 1.81. The summed E-state index contributed by atoms with van der Waals surface area (Å²) in [5.41, 5.74) is 13.6. The first kappa shape index (κ1) is 30.9. The monoisotopic (exact) mass is 704 g/mol. The van der Waals surface area contributed by atoms with Crippen LogP contribution in [0.4, 0.5) is 0 Å². The van der Waals surface area contributed by atoms with Crippen molar-refractivity contribution in [3.8, 4) is 44.9 Å². The van der Waals surface area contributed by atoms with Crippen LogP contribution in [0, 0.1) is 0 Å². The number of benzene rings is 8. The van der Waals surface area contributed by atoms with Crippen LogP contribution < -0.4 is 0 Å². The zero-order valence-corrected chi connectivity index (χ0v) is 30.1. The van der Waals surface area contributed by atoms with Crippen LogP contribution in [0.1, 0.15) is 22.3 Å². The van der Waals surface area contributed by atoms with E-state index in [1.807, 2.05) is 11.3 Å². The zero-order valence-electron chi connectivity index (χ0n) is 29.3. The number of rotatable bonds is 5. The second-order valence-electron chi connectivity index (χ2n) is 14.1. The Labute approximate surface area is 317 Å². The molecule has 2 aromatic heterocycles. The molecule has 1 aliphatic carbocycles. The molecule has 0 bridgehead atoms. The van der Waals surface area contributed by atoms with Crippen molar-refractivity contribution >= 4 is 42.4 Å². The van der Waals surface area contributed by atoms with Crippen LogP contribution in [0.2, 0.25) is 0 Å². The van der Waals surface area contributed by atoms with Gasteiger partial charge in [-0.15, -0.1) is 11.3 Å². The number of hydrogen-bond acceptors (Lipinski definition) is 3. The smallest absolute Gasteiger partial charge is 0.160 e. The predicted molar refractivity (Wildman–Crippen MR) is 226 cm³/mol. The molecule has 0 amide bonds. The number of hydrogen-bond donors (Lipinski definition) is 0. The van der Waals surface area contributed by atoms with Crippen LogP contribution in [0.3, 0.4) is 0 Å². The largest absolute Gasteiger partial charge is 0.227 e. The van der Waals surface area contributed by atoms with Crippen LogP contribution in [-0.2, 0) is 5.41 Å². The molecule has 0 aliphatic heterocycles. The number of nitrogens with zero attached hydrogens (tertiary/aromatic N) is 2.